The first-order valence-corrected chi connectivity index (χ1v) is 7.40. The number of nitrogens with zero attached hydrogens (tertiary/aromatic N) is 2. The second-order valence-electron chi connectivity index (χ2n) is 5.50. The molecule has 0 aliphatic carbocycles. The number of hydrogen-bond donors (Lipinski definition) is 1. The molecule has 1 amide bonds. The number of benzene rings is 1. The van der Waals surface area contributed by atoms with Crippen molar-refractivity contribution in [2.24, 2.45) is 0 Å². The van der Waals surface area contributed by atoms with Gasteiger partial charge in [-0.3, -0.25) is 9.59 Å². The van der Waals surface area contributed by atoms with E-state index in [0.717, 1.165) is 5.56 Å². The van der Waals surface area contributed by atoms with E-state index in [1.165, 1.54) is 11.8 Å². The number of rotatable bonds is 3. The van der Waals surface area contributed by atoms with Crippen molar-refractivity contribution in [2.75, 3.05) is 6.54 Å². The Morgan fingerprint density at radius 3 is 2.77 bits per heavy atom. The third kappa shape index (κ3) is 2.99. The summed E-state index contributed by atoms with van der Waals surface area (Å²) in [6.45, 7) is 3.50. The Kier molecular flexibility index (Phi) is 4.84. The fraction of sp³-hybridized carbons (Fsp3) is 0.438. The van der Waals surface area contributed by atoms with Gasteiger partial charge < -0.3 is 10.0 Å². The molecular weight excluding hydrogens is 304 g/mol. The van der Waals surface area contributed by atoms with Crippen LogP contribution in [0.15, 0.2) is 12.1 Å². The molecule has 1 N–H and O–H groups in total. The lowest BCUT2D eigenvalue weighted by molar-refractivity contribution is -0.138. The summed E-state index contributed by atoms with van der Waals surface area (Å²) >= 11 is 6.10. The highest BCUT2D eigenvalue weighted by atomic mass is 35.5. The summed E-state index contributed by atoms with van der Waals surface area (Å²) in [6, 6.07) is 4.52. The largest absolute Gasteiger partial charge is 0.390 e. The minimum absolute atomic E-state index is 0.0910. The van der Waals surface area contributed by atoms with Gasteiger partial charge in [0.2, 0.25) is 5.91 Å². The Morgan fingerprint density at radius 2 is 2.18 bits per heavy atom. The molecule has 1 aromatic rings. The van der Waals surface area contributed by atoms with Crippen molar-refractivity contribution in [3.8, 4) is 6.07 Å². The minimum atomic E-state index is -0.799. The van der Waals surface area contributed by atoms with Crippen LogP contribution in [-0.2, 0) is 16.0 Å². The number of aliphatic hydroxyl groups is 1. The van der Waals surface area contributed by atoms with Crippen LogP contribution in [0.25, 0.3) is 0 Å². The van der Waals surface area contributed by atoms with Crippen molar-refractivity contribution in [1.29, 1.82) is 5.26 Å². The van der Waals surface area contributed by atoms with Crippen molar-refractivity contribution in [2.45, 2.75) is 38.8 Å². The molecule has 2 atom stereocenters. The lowest BCUT2D eigenvalue weighted by atomic mass is 10.0. The topological polar surface area (TPSA) is 81.4 Å². The van der Waals surface area contributed by atoms with Crippen LogP contribution in [-0.4, -0.2) is 40.4 Å². The third-order valence-electron chi connectivity index (χ3n) is 4.06. The molecule has 1 unspecified atom stereocenters. The Bertz CT molecular complexity index is 666. The van der Waals surface area contributed by atoms with Crippen molar-refractivity contribution >= 4 is 23.3 Å². The zero-order valence-electron chi connectivity index (χ0n) is 12.5. The van der Waals surface area contributed by atoms with Crippen molar-refractivity contribution in [3.05, 3.63) is 33.8 Å². The van der Waals surface area contributed by atoms with Crippen LogP contribution in [0.3, 0.4) is 0 Å². The van der Waals surface area contributed by atoms with Gasteiger partial charge in [-0.05, 0) is 37.5 Å². The molecule has 22 heavy (non-hydrogen) atoms. The van der Waals surface area contributed by atoms with E-state index in [9.17, 15) is 14.7 Å². The number of nitriles is 1. The summed E-state index contributed by atoms with van der Waals surface area (Å²) < 4.78 is 0. The first-order chi connectivity index (χ1) is 10.4. The maximum atomic E-state index is 12.4. The summed E-state index contributed by atoms with van der Waals surface area (Å²) in [5, 5.41) is 19.1. The van der Waals surface area contributed by atoms with Crippen molar-refractivity contribution < 1.29 is 14.7 Å². The van der Waals surface area contributed by atoms with Gasteiger partial charge >= 0.3 is 0 Å². The fourth-order valence-electron chi connectivity index (χ4n) is 2.81. The zero-order valence-corrected chi connectivity index (χ0v) is 13.2. The highest BCUT2D eigenvalue weighted by molar-refractivity contribution is 6.32. The molecular formula is C16H17ClN2O3. The molecule has 1 aliphatic heterocycles. The van der Waals surface area contributed by atoms with Crippen molar-refractivity contribution in [1.82, 2.24) is 4.90 Å². The number of Topliss-reactive ketones (excluding diaryl/α,β-unsaturated/α-hetero) is 1. The Hall–Kier alpha value is -1.90. The zero-order chi connectivity index (χ0) is 16.4. The molecule has 0 aromatic heterocycles. The second-order valence-corrected chi connectivity index (χ2v) is 5.88. The van der Waals surface area contributed by atoms with Crippen molar-refractivity contribution in [3.63, 3.8) is 0 Å². The SMILES string of the molecule is CC(=O)C1[C@@H](O)CCN1C(=O)Cc1ccc(C#N)c(Cl)c1C. The molecule has 0 bridgehead atoms. The van der Waals surface area contributed by atoms with Gasteiger partial charge in [-0.25, -0.2) is 0 Å². The summed E-state index contributed by atoms with van der Waals surface area (Å²) in [5.74, 6) is -0.437. The van der Waals surface area contributed by atoms with Gasteiger partial charge in [0, 0.05) is 6.54 Å². The molecule has 0 radical (unpaired) electrons. The van der Waals surface area contributed by atoms with Gasteiger partial charge in [0.15, 0.2) is 5.78 Å². The number of carbonyl (C=O) groups is 2. The van der Waals surface area contributed by atoms with E-state index >= 15 is 0 Å². The van der Waals surface area contributed by atoms with Crippen LogP contribution < -0.4 is 0 Å². The summed E-state index contributed by atoms with van der Waals surface area (Å²) in [4.78, 5) is 25.5. The molecule has 0 spiro atoms. The molecule has 1 fully saturated rings. The number of amides is 1. The van der Waals surface area contributed by atoms with E-state index in [1.807, 2.05) is 6.07 Å². The molecule has 116 valence electrons. The van der Waals surface area contributed by atoms with E-state index in [2.05, 4.69) is 0 Å². The fourth-order valence-corrected chi connectivity index (χ4v) is 3.04. The Labute approximate surface area is 134 Å². The van der Waals surface area contributed by atoms with E-state index in [-0.39, 0.29) is 18.1 Å². The van der Waals surface area contributed by atoms with E-state index < -0.39 is 12.1 Å². The van der Waals surface area contributed by atoms with Gasteiger partial charge in [-0.2, -0.15) is 5.26 Å². The average Bonchev–Trinajstić information content (AvgIpc) is 2.86. The number of halogens is 1. The summed E-state index contributed by atoms with van der Waals surface area (Å²) in [5.41, 5.74) is 1.78. The van der Waals surface area contributed by atoms with Crippen LogP contribution in [0.2, 0.25) is 5.02 Å². The number of hydrogen-bond acceptors (Lipinski definition) is 4. The van der Waals surface area contributed by atoms with Crippen LogP contribution >= 0.6 is 11.6 Å². The molecule has 1 aromatic carbocycles. The maximum absolute atomic E-state index is 12.4. The molecule has 0 saturated carbocycles. The van der Waals surface area contributed by atoms with E-state index in [1.54, 1.807) is 19.1 Å². The highest BCUT2D eigenvalue weighted by Crippen LogP contribution is 2.25. The summed E-state index contributed by atoms with van der Waals surface area (Å²) in [7, 11) is 0. The van der Waals surface area contributed by atoms with Crippen LogP contribution in [0.4, 0.5) is 0 Å². The lowest BCUT2D eigenvalue weighted by Gasteiger charge is -2.24. The quantitative estimate of drug-likeness (QED) is 0.917. The molecule has 6 heteroatoms. The number of carbonyl (C=O) groups excluding carboxylic acids is 2. The molecule has 1 saturated heterocycles. The Morgan fingerprint density at radius 1 is 1.50 bits per heavy atom. The van der Waals surface area contributed by atoms with Gasteiger partial charge in [0.1, 0.15) is 12.1 Å². The monoisotopic (exact) mass is 320 g/mol. The first kappa shape index (κ1) is 16.5. The Balaban J connectivity index is 2.21. The molecule has 2 rings (SSSR count). The molecule has 1 heterocycles. The van der Waals surface area contributed by atoms with Crippen LogP contribution in [0.1, 0.15) is 30.0 Å². The van der Waals surface area contributed by atoms with E-state index in [4.69, 9.17) is 16.9 Å². The smallest absolute Gasteiger partial charge is 0.227 e. The normalized spacial score (nSPS) is 20.8. The van der Waals surface area contributed by atoms with Crippen LogP contribution in [0, 0.1) is 18.3 Å². The molecule has 1 aliphatic rings. The van der Waals surface area contributed by atoms with Gasteiger partial charge in [0.25, 0.3) is 0 Å². The van der Waals surface area contributed by atoms with Crippen LogP contribution in [0.5, 0.6) is 0 Å². The van der Waals surface area contributed by atoms with E-state index in [0.29, 0.717) is 29.1 Å². The number of aliphatic hydroxyl groups excluding tert-OH is 1. The van der Waals surface area contributed by atoms with Gasteiger partial charge in [0.05, 0.1) is 23.1 Å². The molecule has 5 nitrogen and oxygen atoms in total. The number of likely N-dealkylation sites (tertiary alicyclic amines) is 1. The lowest BCUT2D eigenvalue weighted by Crippen LogP contribution is -2.44. The minimum Gasteiger partial charge on any atom is -0.390 e. The predicted molar refractivity (Wildman–Crippen MR) is 81.4 cm³/mol. The maximum Gasteiger partial charge on any atom is 0.227 e. The van der Waals surface area contributed by atoms with Gasteiger partial charge in [-0.1, -0.05) is 17.7 Å². The predicted octanol–water partition coefficient (Wildman–Crippen LogP) is 1.61. The average molecular weight is 321 g/mol. The first-order valence-electron chi connectivity index (χ1n) is 7.03. The highest BCUT2D eigenvalue weighted by Gasteiger charge is 2.38. The number of ketones is 1. The summed E-state index contributed by atoms with van der Waals surface area (Å²) in [6.07, 6.45) is -0.302. The third-order valence-corrected chi connectivity index (χ3v) is 4.55. The standard InChI is InChI=1S/C16H17ClN2O3/c1-9-11(3-4-12(8-18)15(9)17)7-14(22)19-6-5-13(21)16(19)10(2)20/h3-4,13,16,21H,5-7H2,1-2H3/t13-,16?/m0/s1. The second kappa shape index (κ2) is 6.47. The van der Waals surface area contributed by atoms with Gasteiger partial charge in [-0.15, -0.1) is 0 Å².